The number of nitrogens with zero attached hydrogens (tertiary/aromatic N) is 1. The van der Waals surface area contributed by atoms with Crippen LogP contribution in [0.3, 0.4) is 0 Å². The molecule has 2 aromatic rings. The lowest BCUT2D eigenvalue weighted by Crippen LogP contribution is -2.16. The molecule has 0 unspecified atom stereocenters. The van der Waals surface area contributed by atoms with Gasteiger partial charge in [0, 0.05) is 0 Å². The summed E-state index contributed by atoms with van der Waals surface area (Å²) in [6.45, 7) is 1.95. The van der Waals surface area contributed by atoms with Gasteiger partial charge >= 0.3 is 0 Å². The summed E-state index contributed by atoms with van der Waals surface area (Å²) in [4.78, 5) is 12.3. The molecule has 1 aliphatic heterocycles. The smallest absolute Gasteiger partial charge is 0.272 e. The summed E-state index contributed by atoms with van der Waals surface area (Å²) in [5.41, 5.74) is 2.41. The Labute approximate surface area is 115 Å². The maximum absolute atomic E-state index is 12.3. The first-order chi connectivity index (χ1) is 9.09. The Morgan fingerprint density at radius 3 is 2.42 bits per heavy atom. The van der Waals surface area contributed by atoms with Crippen LogP contribution >= 0.6 is 11.6 Å². The molecule has 0 bridgehead atoms. The van der Waals surface area contributed by atoms with Gasteiger partial charge in [-0.1, -0.05) is 35.4 Å². The zero-order valence-corrected chi connectivity index (χ0v) is 10.9. The molecule has 0 saturated carbocycles. The summed E-state index contributed by atoms with van der Waals surface area (Å²) in [5, 5.41) is 12.6. The SMILES string of the molecule is Cc1ccc(C2=[N+]([O-])c3c(Cl)cccc3C2=O)cc1. The molecule has 0 fully saturated rings. The van der Waals surface area contributed by atoms with E-state index in [1.165, 1.54) is 0 Å². The van der Waals surface area contributed by atoms with E-state index in [2.05, 4.69) is 0 Å². The van der Waals surface area contributed by atoms with Crippen LogP contribution in [0.2, 0.25) is 5.02 Å². The van der Waals surface area contributed by atoms with E-state index in [1.807, 2.05) is 19.1 Å². The van der Waals surface area contributed by atoms with Crippen LogP contribution in [0.5, 0.6) is 0 Å². The Morgan fingerprint density at radius 1 is 1.11 bits per heavy atom. The molecular formula is C15H10ClNO2. The van der Waals surface area contributed by atoms with Gasteiger partial charge in [-0.25, -0.2) is 0 Å². The predicted molar refractivity (Wildman–Crippen MR) is 74.4 cm³/mol. The van der Waals surface area contributed by atoms with Gasteiger partial charge in [0.15, 0.2) is 0 Å². The van der Waals surface area contributed by atoms with Crippen molar-refractivity contribution < 1.29 is 9.53 Å². The summed E-state index contributed by atoms with van der Waals surface area (Å²) < 4.78 is 0.630. The number of carbonyl (C=O) groups is 1. The monoisotopic (exact) mass is 271 g/mol. The van der Waals surface area contributed by atoms with Crippen LogP contribution < -0.4 is 0 Å². The van der Waals surface area contributed by atoms with Crippen LogP contribution in [-0.2, 0) is 0 Å². The Kier molecular flexibility index (Phi) is 2.64. The van der Waals surface area contributed by atoms with E-state index in [0.717, 1.165) is 5.56 Å². The van der Waals surface area contributed by atoms with Gasteiger partial charge < -0.3 is 5.21 Å². The lowest BCUT2D eigenvalue weighted by molar-refractivity contribution is -0.355. The molecule has 19 heavy (non-hydrogen) atoms. The van der Waals surface area contributed by atoms with Crippen LogP contribution in [0.4, 0.5) is 5.69 Å². The van der Waals surface area contributed by atoms with Gasteiger partial charge in [-0.15, -0.1) is 0 Å². The molecule has 1 heterocycles. The lowest BCUT2D eigenvalue weighted by atomic mass is 10.0. The van der Waals surface area contributed by atoms with Gasteiger partial charge in [0.25, 0.3) is 11.5 Å². The maximum Gasteiger partial charge on any atom is 0.272 e. The Bertz CT molecular complexity index is 717. The molecule has 3 rings (SSSR count). The third-order valence-electron chi connectivity index (χ3n) is 3.18. The lowest BCUT2D eigenvalue weighted by Gasteiger charge is -2.03. The van der Waals surface area contributed by atoms with Crippen molar-refractivity contribution in [3.63, 3.8) is 0 Å². The Balaban J connectivity index is 2.22. The molecule has 1 aliphatic rings. The molecule has 0 N–H and O–H groups in total. The molecule has 0 radical (unpaired) electrons. The average molecular weight is 272 g/mol. The van der Waals surface area contributed by atoms with Crippen LogP contribution in [0, 0.1) is 12.1 Å². The van der Waals surface area contributed by atoms with Gasteiger partial charge in [-0.3, -0.25) is 4.79 Å². The number of fused-ring (bicyclic) bond motifs is 1. The van der Waals surface area contributed by atoms with Crippen LogP contribution in [0.25, 0.3) is 0 Å². The van der Waals surface area contributed by atoms with Crippen LogP contribution in [0.1, 0.15) is 21.5 Å². The highest BCUT2D eigenvalue weighted by Crippen LogP contribution is 2.34. The number of hydrogen-bond donors (Lipinski definition) is 0. The molecule has 3 nitrogen and oxygen atoms in total. The number of halogens is 1. The van der Waals surface area contributed by atoms with E-state index in [0.29, 0.717) is 20.9 Å². The summed E-state index contributed by atoms with van der Waals surface area (Å²) in [5.74, 6) is -0.281. The Morgan fingerprint density at radius 2 is 1.79 bits per heavy atom. The maximum atomic E-state index is 12.3. The molecule has 0 aromatic heterocycles. The van der Waals surface area contributed by atoms with Gasteiger partial charge in [0.2, 0.25) is 5.69 Å². The van der Waals surface area contributed by atoms with Gasteiger partial charge in [-0.05, 0) is 31.2 Å². The van der Waals surface area contributed by atoms with E-state index in [9.17, 15) is 10.0 Å². The molecule has 0 aliphatic carbocycles. The second-order valence-corrected chi connectivity index (χ2v) is 4.88. The molecule has 0 amide bonds. The van der Waals surface area contributed by atoms with Gasteiger partial charge in [0.1, 0.15) is 10.6 Å². The summed E-state index contributed by atoms with van der Waals surface area (Å²) >= 11 is 6.00. The number of Topliss-reactive ketones (excluding diaryl/α,β-unsaturated/α-hetero) is 1. The van der Waals surface area contributed by atoms with Gasteiger partial charge in [-0.2, -0.15) is 4.74 Å². The van der Waals surface area contributed by atoms with Crippen molar-refractivity contribution in [3.8, 4) is 0 Å². The van der Waals surface area contributed by atoms with Crippen LogP contribution in [0.15, 0.2) is 42.5 Å². The standard InChI is InChI=1S/C15H10ClNO2/c1-9-5-7-10(8-6-9)13-15(18)11-3-2-4-12(16)14(11)17(13)19/h2-8H,1H3. The number of carbonyl (C=O) groups excluding carboxylic acids is 1. The minimum Gasteiger partial charge on any atom is -0.618 e. The fourth-order valence-electron chi connectivity index (χ4n) is 2.20. The minimum atomic E-state index is -0.281. The van der Waals surface area contributed by atoms with Crippen molar-refractivity contribution in [3.05, 3.63) is 69.4 Å². The number of aryl methyl sites for hydroxylation is 1. The van der Waals surface area contributed by atoms with Crippen LogP contribution in [-0.4, -0.2) is 16.2 Å². The van der Waals surface area contributed by atoms with Gasteiger partial charge in [0.05, 0.1) is 5.56 Å². The predicted octanol–water partition coefficient (Wildman–Crippen LogP) is 3.48. The van der Waals surface area contributed by atoms with E-state index in [-0.39, 0.29) is 17.2 Å². The molecule has 0 saturated heterocycles. The minimum absolute atomic E-state index is 0.128. The third-order valence-corrected chi connectivity index (χ3v) is 3.48. The number of benzene rings is 2. The van der Waals surface area contributed by atoms with Crippen molar-refractivity contribution in [2.24, 2.45) is 0 Å². The first-order valence-corrected chi connectivity index (χ1v) is 6.22. The highest BCUT2D eigenvalue weighted by atomic mass is 35.5. The number of rotatable bonds is 1. The normalized spacial score (nSPS) is 13.9. The van der Waals surface area contributed by atoms with Crippen molar-refractivity contribution >= 4 is 28.8 Å². The second kappa shape index (κ2) is 4.21. The van der Waals surface area contributed by atoms with Crippen molar-refractivity contribution in [2.75, 3.05) is 0 Å². The fourth-order valence-corrected chi connectivity index (χ4v) is 2.45. The zero-order chi connectivity index (χ0) is 13.6. The first-order valence-electron chi connectivity index (χ1n) is 5.84. The number of para-hydroxylation sites is 1. The van der Waals surface area contributed by atoms with Crippen molar-refractivity contribution in [2.45, 2.75) is 6.92 Å². The summed E-state index contributed by atoms with van der Waals surface area (Å²) in [7, 11) is 0. The number of hydrogen-bond acceptors (Lipinski definition) is 2. The number of ketones is 1. The highest BCUT2D eigenvalue weighted by Gasteiger charge is 2.37. The third kappa shape index (κ3) is 1.74. The quantitative estimate of drug-likeness (QED) is 0.589. The zero-order valence-electron chi connectivity index (χ0n) is 10.2. The largest absolute Gasteiger partial charge is 0.618 e. The van der Waals surface area contributed by atoms with E-state index in [4.69, 9.17) is 11.6 Å². The average Bonchev–Trinajstić information content (AvgIpc) is 2.65. The fraction of sp³-hybridized carbons (Fsp3) is 0.0667. The van der Waals surface area contributed by atoms with E-state index >= 15 is 0 Å². The van der Waals surface area contributed by atoms with Crippen molar-refractivity contribution in [1.29, 1.82) is 0 Å². The topological polar surface area (TPSA) is 43.1 Å². The van der Waals surface area contributed by atoms with E-state index < -0.39 is 0 Å². The molecule has 0 spiro atoms. The summed E-state index contributed by atoms with van der Waals surface area (Å²) in [6, 6.07) is 12.2. The van der Waals surface area contributed by atoms with E-state index in [1.54, 1.807) is 30.3 Å². The molecule has 4 heteroatoms. The Hall–Kier alpha value is -2.13. The molecule has 94 valence electrons. The molecule has 2 aromatic carbocycles. The first kappa shape index (κ1) is 11.9. The summed E-state index contributed by atoms with van der Waals surface area (Å²) in [6.07, 6.45) is 0. The highest BCUT2D eigenvalue weighted by molar-refractivity contribution is 6.53. The molecular weight excluding hydrogens is 262 g/mol. The molecule has 0 atom stereocenters. The van der Waals surface area contributed by atoms with Crippen molar-refractivity contribution in [1.82, 2.24) is 0 Å². The second-order valence-electron chi connectivity index (χ2n) is 4.47.